The van der Waals surface area contributed by atoms with Crippen molar-refractivity contribution in [3.8, 4) is 5.82 Å². The lowest BCUT2D eigenvalue weighted by Gasteiger charge is -2.08. The number of hydrogen-bond acceptors (Lipinski definition) is 4. The number of carbonyl (C=O) groups is 2. The van der Waals surface area contributed by atoms with Crippen LogP contribution >= 0.6 is 11.6 Å². The van der Waals surface area contributed by atoms with E-state index in [0.29, 0.717) is 23.1 Å². The highest BCUT2D eigenvalue weighted by Crippen LogP contribution is 2.12. The molecule has 0 atom stereocenters. The fraction of sp³-hybridized carbons (Fsp3) is 0.200. The average Bonchev–Trinajstić information content (AvgIpc) is 3.18. The van der Waals surface area contributed by atoms with Crippen LogP contribution in [0.4, 0.5) is 5.69 Å². The molecule has 2 heterocycles. The van der Waals surface area contributed by atoms with Gasteiger partial charge in [-0.15, -0.1) is 0 Å². The summed E-state index contributed by atoms with van der Waals surface area (Å²) < 4.78 is 1.64. The Hall–Kier alpha value is -3.19. The zero-order valence-corrected chi connectivity index (χ0v) is 16.3. The highest BCUT2D eigenvalue weighted by molar-refractivity contribution is 6.30. The largest absolute Gasteiger partial charge is 0.347 e. The standard InChI is InChI=1S/C20H20ClN5O2/c1-13(2)19(27)25-16-7-8-18(22-10-16)26-11-17(24-12-26)20(28)23-9-14-3-5-15(21)6-4-14/h3-8,10-13H,9H2,1-2H3,(H,23,28)(H,25,27). The summed E-state index contributed by atoms with van der Waals surface area (Å²) in [6.07, 6.45) is 4.69. The third-order valence-corrected chi connectivity index (χ3v) is 4.24. The second-order valence-electron chi connectivity index (χ2n) is 6.52. The van der Waals surface area contributed by atoms with Gasteiger partial charge in [-0.25, -0.2) is 9.97 Å². The summed E-state index contributed by atoms with van der Waals surface area (Å²) >= 11 is 5.85. The fourth-order valence-electron chi connectivity index (χ4n) is 2.34. The molecule has 0 saturated carbocycles. The van der Waals surface area contributed by atoms with E-state index in [2.05, 4.69) is 20.6 Å². The van der Waals surface area contributed by atoms with E-state index in [1.54, 1.807) is 41.2 Å². The maximum Gasteiger partial charge on any atom is 0.271 e. The first kappa shape index (κ1) is 19.6. The van der Waals surface area contributed by atoms with Gasteiger partial charge >= 0.3 is 0 Å². The predicted molar refractivity (Wildman–Crippen MR) is 107 cm³/mol. The fourth-order valence-corrected chi connectivity index (χ4v) is 2.47. The Morgan fingerprint density at radius 2 is 1.86 bits per heavy atom. The summed E-state index contributed by atoms with van der Waals surface area (Å²) in [5.41, 5.74) is 1.84. The quantitative estimate of drug-likeness (QED) is 0.666. The van der Waals surface area contributed by atoms with Crippen molar-refractivity contribution in [3.05, 3.63) is 71.4 Å². The van der Waals surface area contributed by atoms with Crippen molar-refractivity contribution in [2.24, 2.45) is 5.92 Å². The molecule has 8 heteroatoms. The molecule has 3 rings (SSSR count). The van der Waals surface area contributed by atoms with Crippen molar-refractivity contribution >= 4 is 29.1 Å². The number of aromatic nitrogens is 3. The number of halogens is 1. The minimum Gasteiger partial charge on any atom is -0.347 e. The maximum atomic E-state index is 12.3. The number of nitrogens with zero attached hydrogens (tertiary/aromatic N) is 3. The number of hydrogen-bond donors (Lipinski definition) is 2. The molecule has 0 bridgehead atoms. The molecule has 28 heavy (non-hydrogen) atoms. The number of carbonyl (C=O) groups excluding carboxylic acids is 2. The highest BCUT2D eigenvalue weighted by Gasteiger charge is 2.11. The lowest BCUT2D eigenvalue weighted by atomic mass is 10.2. The normalized spacial score (nSPS) is 10.7. The summed E-state index contributed by atoms with van der Waals surface area (Å²) in [5.74, 6) is 0.125. The van der Waals surface area contributed by atoms with Gasteiger partial charge in [0.1, 0.15) is 17.8 Å². The molecule has 0 saturated heterocycles. The minimum atomic E-state index is -0.283. The molecular formula is C20H20ClN5O2. The molecule has 0 unspecified atom stereocenters. The summed E-state index contributed by atoms with van der Waals surface area (Å²) in [5, 5.41) is 6.24. The van der Waals surface area contributed by atoms with E-state index in [4.69, 9.17) is 11.6 Å². The lowest BCUT2D eigenvalue weighted by Crippen LogP contribution is -2.23. The molecule has 7 nitrogen and oxygen atoms in total. The Balaban J connectivity index is 1.62. The van der Waals surface area contributed by atoms with Crippen LogP contribution in [-0.2, 0) is 11.3 Å². The first-order valence-corrected chi connectivity index (χ1v) is 9.14. The molecule has 1 aromatic carbocycles. The Morgan fingerprint density at radius 3 is 2.50 bits per heavy atom. The third-order valence-electron chi connectivity index (χ3n) is 3.99. The number of nitrogens with one attached hydrogen (secondary N) is 2. The second-order valence-corrected chi connectivity index (χ2v) is 6.96. The van der Waals surface area contributed by atoms with Crippen LogP contribution in [0, 0.1) is 5.92 Å². The van der Waals surface area contributed by atoms with E-state index in [1.807, 2.05) is 26.0 Å². The topological polar surface area (TPSA) is 88.9 Å². The highest BCUT2D eigenvalue weighted by atomic mass is 35.5. The SMILES string of the molecule is CC(C)C(=O)Nc1ccc(-n2cnc(C(=O)NCc3ccc(Cl)cc3)c2)nc1. The Labute approximate surface area is 167 Å². The Bertz CT molecular complexity index is 965. The molecule has 0 radical (unpaired) electrons. The van der Waals surface area contributed by atoms with Crippen LogP contribution in [0.5, 0.6) is 0 Å². The zero-order chi connectivity index (χ0) is 20.1. The molecular weight excluding hydrogens is 378 g/mol. The molecule has 0 aliphatic rings. The van der Waals surface area contributed by atoms with Gasteiger partial charge in [0.05, 0.1) is 11.9 Å². The average molecular weight is 398 g/mol. The molecule has 0 spiro atoms. The minimum absolute atomic E-state index is 0.0724. The van der Waals surface area contributed by atoms with E-state index in [0.717, 1.165) is 5.56 Å². The third kappa shape index (κ3) is 4.95. The predicted octanol–water partition coefficient (Wildman–Crippen LogP) is 3.45. The van der Waals surface area contributed by atoms with Gasteiger partial charge < -0.3 is 10.6 Å². The van der Waals surface area contributed by atoms with Crippen LogP contribution in [0.2, 0.25) is 5.02 Å². The van der Waals surface area contributed by atoms with Gasteiger partial charge in [0, 0.05) is 23.7 Å². The van der Waals surface area contributed by atoms with E-state index < -0.39 is 0 Å². The van der Waals surface area contributed by atoms with Crippen LogP contribution < -0.4 is 10.6 Å². The zero-order valence-electron chi connectivity index (χ0n) is 15.5. The van der Waals surface area contributed by atoms with Crippen molar-refractivity contribution in [1.82, 2.24) is 19.9 Å². The van der Waals surface area contributed by atoms with Crippen molar-refractivity contribution < 1.29 is 9.59 Å². The number of pyridine rings is 1. The van der Waals surface area contributed by atoms with E-state index in [9.17, 15) is 9.59 Å². The number of anilines is 1. The Kier molecular flexibility index (Phi) is 6.06. The summed E-state index contributed by atoms with van der Waals surface area (Å²) in [7, 11) is 0. The molecule has 144 valence electrons. The van der Waals surface area contributed by atoms with Crippen LogP contribution in [0.3, 0.4) is 0 Å². The van der Waals surface area contributed by atoms with Crippen molar-refractivity contribution in [2.75, 3.05) is 5.32 Å². The van der Waals surface area contributed by atoms with Gasteiger partial charge in [-0.1, -0.05) is 37.6 Å². The van der Waals surface area contributed by atoms with Crippen LogP contribution in [-0.4, -0.2) is 26.3 Å². The number of rotatable bonds is 6. The van der Waals surface area contributed by atoms with Gasteiger partial charge in [0.25, 0.3) is 5.91 Å². The van der Waals surface area contributed by atoms with Gasteiger partial charge in [-0.3, -0.25) is 14.2 Å². The maximum absolute atomic E-state index is 12.3. The van der Waals surface area contributed by atoms with Gasteiger partial charge in [-0.05, 0) is 29.8 Å². The van der Waals surface area contributed by atoms with Gasteiger partial charge in [0.15, 0.2) is 0 Å². The molecule has 2 N–H and O–H groups in total. The number of imidazole rings is 1. The molecule has 3 aromatic rings. The van der Waals surface area contributed by atoms with E-state index in [-0.39, 0.29) is 23.4 Å². The molecule has 0 aliphatic carbocycles. The van der Waals surface area contributed by atoms with Crippen molar-refractivity contribution in [2.45, 2.75) is 20.4 Å². The summed E-state index contributed by atoms with van der Waals surface area (Å²) in [6, 6.07) is 10.7. The Morgan fingerprint density at radius 1 is 1.11 bits per heavy atom. The second kappa shape index (κ2) is 8.67. The molecule has 0 aliphatic heterocycles. The van der Waals surface area contributed by atoms with Crippen LogP contribution in [0.25, 0.3) is 5.82 Å². The summed E-state index contributed by atoms with van der Waals surface area (Å²) in [6.45, 7) is 4.02. The van der Waals surface area contributed by atoms with E-state index in [1.165, 1.54) is 6.33 Å². The molecule has 2 aromatic heterocycles. The van der Waals surface area contributed by atoms with Crippen LogP contribution in [0.15, 0.2) is 55.1 Å². The summed E-state index contributed by atoms with van der Waals surface area (Å²) in [4.78, 5) is 32.4. The lowest BCUT2D eigenvalue weighted by molar-refractivity contribution is -0.118. The molecule has 0 fully saturated rings. The number of amides is 2. The first-order chi connectivity index (χ1) is 13.4. The van der Waals surface area contributed by atoms with Crippen molar-refractivity contribution in [3.63, 3.8) is 0 Å². The monoisotopic (exact) mass is 397 g/mol. The first-order valence-electron chi connectivity index (χ1n) is 8.76. The number of benzene rings is 1. The van der Waals surface area contributed by atoms with E-state index >= 15 is 0 Å². The smallest absolute Gasteiger partial charge is 0.271 e. The molecule has 2 amide bonds. The van der Waals surface area contributed by atoms with Gasteiger partial charge in [-0.2, -0.15) is 0 Å². The van der Waals surface area contributed by atoms with Gasteiger partial charge in [0.2, 0.25) is 5.91 Å². The van der Waals surface area contributed by atoms with Crippen molar-refractivity contribution in [1.29, 1.82) is 0 Å². The van der Waals surface area contributed by atoms with Crippen LogP contribution in [0.1, 0.15) is 29.9 Å².